The summed E-state index contributed by atoms with van der Waals surface area (Å²) in [4.78, 5) is 15.9. The van der Waals surface area contributed by atoms with Gasteiger partial charge in [-0.1, -0.05) is 11.8 Å². The Morgan fingerprint density at radius 1 is 1.39 bits per heavy atom. The zero-order chi connectivity index (χ0) is 16.5. The molecule has 0 saturated heterocycles. The van der Waals surface area contributed by atoms with E-state index in [9.17, 15) is 4.79 Å². The molecule has 2 heterocycles. The lowest BCUT2D eigenvalue weighted by Crippen LogP contribution is -2.32. The molecular weight excluding hydrogens is 316 g/mol. The number of aromatic nitrogens is 3. The van der Waals surface area contributed by atoms with Crippen LogP contribution in [0.5, 0.6) is 0 Å². The van der Waals surface area contributed by atoms with Gasteiger partial charge in [-0.15, -0.1) is 10.2 Å². The average molecular weight is 336 g/mol. The van der Waals surface area contributed by atoms with Gasteiger partial charge in [0.05, 0.1) is 5.25 Å². The smallest absolute Gasteiger partial charge is 0.277 e. The van der Waals surface area contributed by atoms with E-state index in [-0.39, 0.29) is 11.2 Å². The number of carbonyl (C=O) groups excluding carboxylic acids is 1. The zero-order valence-electron chi connectivity index (χ0n) is 13.2. The van der Waals surface area contributed by atoms with Crippen molar-refractivity contribution in [2.45, 2.75) is 30.7 Å². The molecule has 2 rings (SSSR count). The second-order valence-electron chi connectivity index (χ2n) is 4.71. The number of thioether (sulfide) groups is 1. The quantitative estimate of drug-likeness (QED) is 0.554. The van der Waals surface area contributed by atoms with Crippen LogP contribution < -0.4 is 5.32 Å². The van der Waals surface area contributed by atoms with E-state index in [1.54, 1.807) is 31.5 Å². The summed E-state index contributed by atoms with van der Waals surface area (Å²) in [6, 6.07) is 3.58. The first-order chi connectivity index (χ1) is 11.2. The fourth-order valence-electron chi connectivity index (χ4n) is 1.75. The van der Waals surface area contributed by atoms with Gasteiger partial charge in [-0.2, -0.15) is 0 Å². The van der Waals surface area contributed by atoms with Crippen LogP contribution in [-0.2, 0) is 9.53 Å². The Kier molecular flexibility index (Phi) is 7.02. The molecular formula is C15H20N4O3S. The summed E-state index contributed by atoms with van der Waals surface area (Å²) in [6.07, 6.45) is 4.11. The molecule has 2 aromatic rings. The molecule has 0 fully saturated rings. The number of hydrogen-bond donors (Lipinski definition) is 1. The SMILES string of the molecule is CCOCCCNC(=O)C(C)Sc1nnc(-c2ccncc2)o1. The number of rotatable bonds is 9. The summed E-state index contributed by atoms with van der Waals surface area (Å²) >= 11 is 1.24. The van der Waals surface area contributed by atoms with Crippen LogP contribution in [0.3, 0.4) is 0 Å². The maximum Gasteiger partial charge on any atom is 0.277 e. The summed E-state index contributed by atoms with van der Waals surface area (Å²) in [5.41, 5.74) is 0.798. The van der Waals surface area contributed by atoms with Gasteiger partial charge in [0, 0.05) is 37.7 Å². The number of nitrogens with zero attached hydrogens (tertiary/aromatic N) is 3. The van der Waals surface area contributed by atoms with E-state index in [1.165, 1.54) is 11.8 Å². The molecule has 0 saturated carbocycles. The van der Waals surface area contributed by atoms with Crippen molar-refractivity contribution in [1.82, 2.24) is 20.5 Å². The molecule has 0 aliphatic rings. The Morgan fingerprint density at radius 2 is 2.17 bits per heavy atom. The third-order valence-corrected chi connectivity index (χ3v) is 3.88. The molecule has 0 bridgehead atoms. The highest BCUT2D eigenvalue weighted by Crippen LogP contribution is 2.25. The molecule has 0 spiro atoms. The first-order valence-electron chi connectivity index (χ1n) is 7.46. The maximum atomic E-state index is 12.0. The van der Waals surface area contributed by atoms with E-state index in [0.29, 0.717) is 30.9 Å². The standard InChI is InChI=1S/C15H20N4O3S/c1-3-21-10-4-7-17-13(20)11(2)23-15-19-18-14(22-15)12-5-8-16-9-6-12/h5-6,8-9,11H,3-4,7,10H2,1-2H3,(H,17,20). The Balaban J connectivity index is 1.80. The van der Waals surface area contributed by atoms with Gasteiger partial charge in [0.1, 0.15) is 0 Å². The van der Waals surface area contributed by atoms with E-state index in [1.807, 2.05) is 6.92 Å². The summed E-state index contributed by atoms with van der Waals surface area (Å²) in [7, 11) is 0. The fourth-order valence-corrected chi connectivity index (χ4v) is 2.46. The highest BCUT2D eigenvalue weighted by molar-refractivity contribution is 8.00. The molecule has 1 atom stereocenters. The second-order valence-corrected chi connectivity index (χ2v) is 6.00. The molecule has 23 heavy (non-hydrogen) atoms. The zero-order valence-corrected chi connectivity index (χ0v) is 14.0. The minimum atomic E-state index is -0.312. The van der Waals surface area contributed by atoms with Crippen molar-refractivity contribution in [3.05, 3.63) is 24.5 Å². The van der Waals surface area contributed by atoms with Crippen molar-refractivity contribution >= 4 is 17.7 Å². The van der Waals surface area contributed by atoms with Crippen LogP contribution in [0.1, 0.15) is 20.3 Å². The minimum Gasteiger partial charge on any atom is -0.411 e. The van der Waals surface area contributed by atoms with Crippen molar-refractivity contribution in [3.8, 4) is 11.5 Å². The van der Waals surface area contributed by atoms with Gasteiger partial charge in [0.25, 0.3) is 5.22 Å². The van der Waals surface area contributed by atoms with Gasteiger partial charge < -0.3 is 14.5 Å². The molecule has 1 N–H and O–H groups in total. The van der Waals surface area contributed by atoms with E-state index in [4.69, 9.17) is 9.15 Å². The second kappa shape index (κ2) is 9.26. The number of hydrogen-bond acceptors (Lipinski definition) is 7. The lowest BCUT2D eigenvalue weighted by Gasteiger charge is -2.09. The summed E-state index contributed by atoms with van der Waals surface area (Å²) in [6.45, 7) is 5.69. The topological polar surface area (TPSA) is 90.1 Å². The van der Waals surface area contributed by atoms with Gasteiger partial charge in [-0.25, -0.2) is 0 Å². The van der Waals surface area contributed by atoms with Crippen molar-refractivity contribution in [2.24, 2.45) is 0 Å². The van der Waals surface area contributed by atoms with E-state index in [0.717, 1.165) is 12.0 Å². The molecule has 1 amide bonds. The van der Waals surface area contributed by atoms with Gasteiger partial charge in [-0.3, -0.25) is 9.78 Å². The minimum absolute atomic E-state index is 0.0600. The van der Waals surface area contributed by atoms with Crippen LogP contribution in [0.2, 0.25) is 0 Å². The molecule has 7 nitrogen and oxygen atoms in total. The fraction of sp³-hybridized carbons (Fsp3) is 0.467. The lowest BCUT2D eigenvalue weighted by molar-refractivity contribution is -0.120. The molecule has 0 aliphatic heterocycles. The van der Waals surface area contributed by atoms with Gasteiger partial charge in [-0.05, 0) is 32.4 Å². The monoisotopic (exact) mass is 336 g/mol. The summed E-state index contributed by atoms with van der Waals surface area (Å²) in [5.74, 6) is 0.356. The van der Waals surface area contributed by atoms with Gasteiger partial charge >= 0.3 is 0 Å². The predicted molar refractivity (Wildman–Crippen MR) is 87.0 cm³/mol. The van der Waals surface area contributed by atoms with Crippen LogP contribution in [0, 0.1) is 0 Å². The van der Waals surface area contributed by atoms with Crippen molar-refractivity contribution in [2.75, 3.05) is 19.8 Å². The Bertz CT molecular complexity index is 606. The van der Waals surface area contributed by atoms with Crippen molar-refractivity contribution < 1.29 is 13.9 Å². The Morgan fingerprint density at radius 3 is 2.91 bits per heavy atom. The largest absolute Gasteiger partial charge is 0.411 e. The average Bonchev–Trinajstić information content (AvgIpc) is 3.03. The van der Waals surface area contributed by atoms with Crippen LogP contribution >= 0.6 is 11.8 Å². The van der Waals surface area contributed by atoms with Gasteiger partial charge in [0.15, 0.2) is 0 Å². The summed E-state index contributed by atoms with van der Waals surface area (Å²) in [5, 5.41) is 10.9. The van der Waals surface area contributed by atoms with E-state index >= 15 is 0 Å². The lowest BCUT2D eigenvalue weighted by atomic mass is 10.3. The number of ether oxygens (including phenoxy) is 1. The van der Waals surface area contributed by atoms with Crippen LogP contribution in [0.15, 0.2) is 34.2 Å². The van der Waals surface area contributed by atoms with Crippen LogP contribution in [-0.4, -0.2) is 46.1 Å². The number of nitrogens with one attached hydrogen (secondary N) is 1. The number of carbonyl (C=O) groups is 1. The highest BCUT2D eigenvalue weighted by Gasteiger charge is 2.18. The Hall–Kier alpha value is -1.93. The number of amides is 1. The highest BCUT2D eigenvalue weighted by atomic mass is 32.2. The van der Waals surface area contributed by atoms with Crippen LogP contribution in [0.4, 0.5) is 0 Å². The maximum absolute atomic E-state index is 12.0. The molecule has 2 aromatic heterocycles. The van der Waals surface area contributed by atoms with Crippen molar-refractivity contribution in [1.29, 1.82) is 0 Å². The predicted octanol–water partition coefficient (Wildman–Crippen LogP) is 2.16. The van der Waals surface area contributed by atoms with E-state index in [2.05, 4.69) is 20.5 Å². The first-order valence-corrected chi connectivity index (χ1v) is 8.34. The third kappa shape index (κ3) is 5.65. The normalized spacial score (nSPS) is 12.1. The molecule has 0 aliphatic carbocycles. The molecule has 0 aromatic carbocycles. The molecule has 1 unspecified atom stereocenters. The summed E-state index contributed by atoms with van der Waals surface area (Å²) < 4.78 is 10.8. The first kappa shape index (κ1) is 17.4. The molecule has 0 radical (unpaired) electrons. The van der Waals surface area contributed by atoms with Gasteiger partial charge in [0.2, 0.25) is 11.8 Å². The number of pyridine rings is 1. The van der Waals surface area contributed by atoms with Crippen LogP contribution in [0.25, 0.3) is 11.5 Å². The third-order valence-electron chi connectivity index (χ3n) is 2.95. The van der Waals surface area contributed by atoms with Crippen molar-refractivity contribution in [3.63, 3.8) is 0 Å². The Labute approximate surface area is 139 Å². The molecule has 8 heteroatoms. The molecule has 124 valence electrons. The van der Waals surface area contributed by atoms with E-state index < -0.39 is 0 Å².